The fraction of sp³-hybridized carbons (Fsp3) is 0.200. The van der Waals surface area contributed by atoms with Gasteiger partial charge in [0.05, 0.1) is 0 Å². The summed E-state index contributed by atoms with van der Waals surface area (Å²) in [5, 5.41) is 0. The second-order valence-corrected chi connectivity index (χ2v) is 6.35. The van der Waals surface area contributed by atoms with Crippen LogP contribution in [-0.2, 0) is 9.59 Å². The molecule has 2 aromatic carbocycles. The van der Waals surface area contributed by atoms with Gasteiger partial charge in [0.2, 0.25) is 11.6 Å². The van der Waals surface area contributed by atoms with Crippen molar-refractivity contribution in [1.82, 2.24) is 0 Å². The standard InChI is InChI=1S/C20H10F8O4/c21-17(22,15(31)13(29)11-7-3-1-4-8-11)19(25,26)20(27,28)18(23,24)16(32)14(30)12-9-5-2-6-10-12/h1-10H. The number of Topliss-reactive ketones (excluding diaryl/α,β-unsaturated/α-hetero) is 4. The number of rotatable bonds is 9. The molecule has 0 bridgehead atoms. The number of halogens is 8. The highest BCUT2D eigenvalue weighted by molar-refractivity contribution is 6.47. The second kappa shape index (κ2) is 8.24. The van der Waals surface area contributed by atoms with E-state index >= 15 is 0 Å². The van der Waals surface area contributed by atoms with E-state index in [1.807, 2.05) is 0 Å². The summed E-state index contributed by atoms with van der Waals surface area (Å²) in [6.07, 6.45) is 0. The Balaban J connectivity index is 2.45. The molecular weight excluding hydrogens is 456 g/mol. The molecule has 0 amide bonds. The molecular formula is C20H10F8O4. The predicted octanol–water partition coefficient (Wildman–Crippen LogP) is 4.43. The summed E-state index contributed by atoms with van der Waals surface area (Å²) in [5.74, 6) is -39.3. The molecule has 0 saturated carbocycles. The molecule has 0 spiro atoms. The first-order valence-corrected chi connectivity index (χ1v) is 8.40. The number of hydrogen-bond acceptors (Lipinski definition) is 4. The summed E-state index contributed by atoms with van der Waals surface area (Å²) in [5.41, 5.74) is -1.81. The topological polar surface area (TPSA) is 68.3 Å². The van der Waals surface area contributed by atoms with Crippen LogP contribution in [0.2, 0.25) is 0 Å². The van der Waals surface area contributed by atoms with Crippen LogP contribution in [0.1, 0.15) is 20.7 Å². The van der Waals surface area contributed by atoms with E-state index in [2.05, 4.69) is 0 Å². The van der Waals surface area contributed by atoms with Crippen LogP contribution >= 0.6 is 0 Å². The maximum Gasteiger partial charge on any atom is 0.386 e. The zero-order chi connectivity index (χ0) is 24.5. The van der Waals surface area contributed by atoms with Gasteiger partial charge in [-0.3, -0.25) is 19.2 Å². The van der Waals surface area contributed by atoms with Crippen molar-refractivity contribution in [2.24, 2.45) is 0 Å². The highest BCUT2D eigenvalue weighted by Crippen LogP contribution is 2.53. The smallest absolute Gasteiger partial charge is 0.285 e. The molecule has 0 unspecified atom stereocenters. The van der Waals surface area contributed by atoms with E-state index in [0.29, 0.717) is 24.3 Å². The lowest BCUT2D eigenvalue weighted by Gasteiger charge is -2.34. The van der Waals surface area contributed by atoms with Gasteiger partial charge in [-0.2, -0.15) is 35.1 Å². The minimum Gasteiger partial charge on any atom is -0.285 e. The van der Waals surface area contributed by atoms with Gasteiger partial charge in [-0.25, -0.2) is 0 Å². The summed E-state index contributed by atoms with van der Waals surface area (Å²) in [4.78, 5) is 46.7. The first kappa shape index (κ1) is 24.8. The van der Waals surface area contributed by atoms with Gasteiger partial charge in [-0.15, -0.1) is 0 Å². The van der Waals surface area contributed by atoms with Crippen molar-refractivity contribution in [3.63, 3.8) is 0 Å². The molecule has 0 aliphatic rings. The number of carbonyl (C=O) groups is 4. The Morgan fingerprint density at radius 2 is 0.719 bits per heavy atom. The van der Waals surface area contributed by atoms with Gasteiger partial charge in [0.25, 0.3) is 11.6 Å². The Morgan fingerprint density at radius 3 is 0.969 bits per heavy atom. The molecule has 0 heterocycles. The molecule has 0 aromatic heterocycles. The monoisotopic (exact) mass is 466 g/mol. The summed E-state index contributed by atoms with van der Waals surface area (Å²) < 4.78 is 112. The van der Waals surface area contributed by atoms with E-state index in [4.69, 9.17) is 0 Å². The van der Waals surface area contributed by atoms with Crippen LogP contribution in [0.4, 0.5) is 35.1 Å². The largest absolute Gasteiger partial charge is 0.386 e. The second-order valence-electron chi connectivity index (χ2n) is 6.35. The highest BCUT2D eigenvalue weighted by Gasteiger charge is 2.85. The van der Waals surface area contributed by atoms with E-state index in [1.165, 1.54) is 12.1 Å². The van der Waals surface area contributed by atoms with Crippen molar-refractivity contribution >= 4 is 23.1 Å². The lowest BCUT2D eigenvalue weighted by atomic mass is 9.89. The van der Waals surface area contributed by atoms with Gasteiger partial charge in [0, 0.05) is 11.1 Å². The van der Waals surface area contributed by atoms with Gasteiger partial charge in [-0.1, -0.05) is 60.7 Å². The Hall–Kier alpha value is -3.44. The zero-order valence-corrected chi connectivity index (χ0v) is 15.4. The molecule has 0 radical (unpaired) electrons. The zero-order valence-electron chi connectivity index (χ0n) is 15.4. The molecule has 32 heavy (non-hydrogen) atoms. The average Bonchev–Trinajstić information content (AvgIpc) is 2.77. The summed E-state index contributed by atoms with van der Waals surface area (Å²) >= 11 is 0. The minimum atomic E-state index is -7.24. The normalized spacial score (nSPS) is 12.9. The lowest BCUT2D eigenvalue weighted by Crippen LogP contribution is -2.67. The van der Waals surface area contributed by atoms with E-state index < -0.39 is 57.9 Å². The van der Waals surface area contributed by atoms with E-state index in [9.17, 15) is 54.3 Å². The Morgan fingerprint density at radius 1 is 0.469 bits per heavy atom. The van der Waals surface area contributed by atoms with Crippen molar-refractivity contribution in [3.05, 3.63) is 71.8 Å². The van der Waals surface area contributed by atoms with Crippen LogP contribution in [-0.4, -0.2) is 46.8 Å². The predicted molar refractivity (Wildman–Crippen MR) is 91.3 cm³/mol. The molecule has 4 nitrogen and oxygen atoms in total. The molecule has 0 aliphatic carbocycles. The van der Waals surface area contributed by atoms with Crippen LogP contribution in [0.3, 0.4) is 0 Å². The van der Waals surface area contributed by atoms with Crippen molar-refractivity contribution < 1.29 is 54.3 Å². The number of ketones is 4. The van der Waals surface area contributed by atoms with Crippen LogP contribution in [0.25, 0.3) is 0 Å². The molecule has 12 heteroatoms. The SMILES string of the molecule is O=C(C(=O)C(F)(F)C(F)(F)C(F)(F)C(F)(F)C(=O)C(=O)c1ccccc1)c1ccccc1. The molecule has 2 rings (SSSR count). The van der Waals surface area contributed by atoms with Gasteiger partial charge in [-0.05, 0) is 0 Å². The van der Waals surface area contributed by atoms with Crippen LogP contribution in [0.5, 0.6) is 0 Å². The Bertz CT molecular complexity index is 964. The summed E-state index contributed by atoms with van der Waals surface area (Å²) in [7, 11) is 0. The van der Waals surface area contributed by atoms with E-state index in [1.54, 1.807) is 0 Å². The molecule has 2 aromatic rings. The molecule has 0 fully saturated rings. The van der Waals surface area contributed by atoms with Crippen molar-refractivity contribution in [3.8, 4) is 0 Å². The van der Waals surface area contributed by atoms with Crippen molar-refractivity contribution in [2.75, 3.05) is 0 Å². The molecule has 170 valence electrons. The van der Waals surface area contributed by atoms with Crippen LogP contribution in [0, 0.1) is 0 Å². The number of benzene rings is 2. The minimum absolute atomic E-state index is 0.712. The van der Waals surface area contributed by atoms with Gasteiger partial charge < -0.3 is 0 Å². The average molecular weight is 466 g/mol. The summed E-state index contributed by atoms with van der Waals surface area (Å²) in [6, 6.07) is 9.40. The van der Waals surface area contributed by atoms with Gasteiger partial charge >= 0.3 is 23.7 Å². The quantitative estimate of drug-likeness (QED) is 0.312. The lowest BCUT2D eigenvalue weighted by molar-refractivity contribution is -0.344. The van der Waals surface area contributed by atoms with Crippen LogP contribution < -0.4 is 0 Å². The third-order valence-corrected chi connectivity index (χ3v) is 4.24. The van der Waals surface area contributed by atoms with Gasteiger partial charge in [0.15, 0.2) is 0 Å². The molecule has 0 N–H and O–H groups in total. The number of alkyl halides is 8. The fourth-order valence-electron chi connectivity index (χ4n) is 2.41. The first-order chi connectivity index (χ1) is 14.6. The summed E-state index contributed by atoms with van der Waals surface area (Å²) in [6.45, 7) is 0. The number of hydrogen-bond donors (Lipinski definition) is 0. The first-order valence-electron chi connectivity index (χ1n) is 8.40. The third-order valence-electron chi connectivity index (χ3n) is 4.24. The van der Waals surface area contributed by atoms with Crippen molar-refractivity contribution in [1.29, 1.82) is 0 Å². The molecule has 0 aliphatic heterocycles. The third kappa shape index (κ3) is 3.80. The Labute approximate surface area is 173 Å². The van der Waals surface area contributed by atoms with Crippen LogP contribution in [0.15, 0.2) is 60.7 Å². The Kier molecular flexibility index (Phi) is 6.40. The van der Waals surface area contributed by atoms with E-state index in [-0.39, 0.29) is 0 Å². The maximum absolute atomic E-state index is 14.0. The van der Waals surface area contributed by atoms with Gasteiger partial charge in [0.1, 0.15) is 0 Å². The highest BCUT2D eigenvalue weighted by atomic mass is 19.4. The fourth-order valence-corrected chi connectivity index (χ4v) is 2.41. The molecule has 0 atom stereocenters. The maximum atomic E-state index is 14.0. The van der Waals surface area contributed by atoms with Crippen molar-refractivity contribution in [2.45, 2.75) is 23.7 Å². The molecule has 0 saturated heterocycles. The van der Waals surface area contributed by atoms with E-state index in [0.717, 1.165) is 24.3 Å². The number of carbonyl (C=O) groups excluding carboxylic acids is 4.